The normalized spacial score (nSPS) is 16.0. The number of ether oxygens (including phenoxy) is 2. The van der Waals surface area contributed by atoms with Gasteiger partial charge in [-0.25, -0.2) is 9.59 Å². The quantitative estimate of drug-likeness (QED) is 0.775. The molecule has 0 aliphatic carbocycles. The lowest BCUT2D eigenvalue weighted by Gasteiger charge is -2.26. The van der Waals surface area contributed by atoms with Crippen molar-refractivity contribution in [3.63, 3.8) is 0 Å². The number of benzene rings is 1. The number of nitrogens with one attached hydrogen (secondary N) is 1. The Hall–Kier alpha value is -1.60. The summed E-state index contributed by atoms with van der Waals surface area (Å²) in [5, 5.41) is 2.32. The number of anilines is 1. The molecule has 0 bridgehead atoms. The van der Waals surface area contributed by atoms with Crippen LogP contribution in [0.4, 0.5) is 15.3 Å². The second-order valence-corrected chi connectivity index (χ2v) is 6.73. The van der Waals surface area contributed by atoms with Crippen LogP contribution >= 0.6 is 23.5 Å². The summed E-state index contributed by atoms with van der Waals surface area (Å²) >= 11 is 2.08. The molecule has 1 aromatic carbocycles. The molecule has 5 nitrogen and oxygen atoms in total. The highest BCUT2D eigenvalue weighted by molar-refractivity contribution is 8.21. The monoisotopic (exact) mass is 353 g/mol. The Bertz CT molecular complexity index is 631. The lowest BCUT2D eigenvalue weighted by Crippen LogP contribution is -2.21. The number of aryl methyl sites for hydroxylation is 1. The predicted molar refractivity (Wildman–Crippen MR) is 95.8 cm³/mol. The van der Waals surface area contributed by atoms with Crippen molar-refractivity contribution in [3.8, 4) is 0 Å². The average Bonchev–Trinajstić information content (AvgIpc) is 2.49. The number of hydrogen-bond donors (Lipinski definition) is 1. The summed E-state index contributed by atoms with van der Waals surface area (Å²) in [6.07, 6.45) is 1.85. The van der Waals surface area contributed by atoms with Crippen LogP contribution in [-0.2, 0) is 9.47 Å². The van der Waals surface area contributed by atoms with Gasteiger partial charge in [0.2, 0.25) is 0 Å². The summed E-state index contributed by atoms with van der Waals surface area (Å²) in [5.41, 5.74) is 2.90. The van der Waals surface area contributed by atoms with Crippen molar-refractivity contribution < 1.29 is 19.1 Å². The van der Waals surface area contributed by atoms with Crippen molar-refractivity contribution in [2.45, 2.75) is 26.1 Å². The van der Waals surface area contributed by atoms with E-state index < -0.39 is 0 Å². The van der Waals surface area contributed by atoms with E-state index in [-0.39, 0.29) is 16.0 Å². The molecule has 0 fully saturated rings. The van der Waals surface area contributed by atoms with Gasteiger partial charge in [-0.15, -0.1) is 0 Å². The van der Waals surface area contributed by atoms with Crippen molar-refractivity contribution in [1.82, 2.24) is 0 Å². The van der Waals surface area contributed by atoms with Gasteiger partial charge in [-0.05, 0) is 55.9 Å². The second-order valence-electron chi connectivity index (χ2n) is 4.68. The number of carbonyl (C=O) groups is 2. The van der Waals surface area contributed by atoms with Crippen molar-refractivity contribution in [2.24, 2.45) is 0 Å². The first kappa shape index (κ1) is 17.7. The highest BCUT2D eigenvalue weighted by Crippen LogP contribution is 2.41. The molecule has 1 atom stereocenters. The zero-order chi connectivity index (χ0) is 16.8. The average molecular weight is 353 g/mol. The first-order chi connectivity index (χ1) is 11.0. The first-order valence-electron chi connectivity index (χ1n) is 7.31. The van der Waals surface area contributed by atoms with E-state index >= 15 is 0 Å². The Kier molecular flexibility index (Phi) is 6.41. The van der Waals surface area contributed by atoms with Crippen LogP contribution in [0.1, 0.15) is 25.0 Å². The van der Waals surface area contributed by atoms with Crippen LogP contribution in [0.2, 0.25) is 0 Å². The SMILES string of the molecule is CCOC(=O)SC1=CC(SC(=O)OCC)Nc2c(C)cccc21. The second kappa shape index (κ2) is 8.31. The molecule has 0 saturated carbocycles. The van der Waals surface area contributed by atoms with E-state index in [2.05, 4.69) is 5.32 Å². The van der Waals surface area contributed by atoms with E-state index in [1.54, 1.807) is 13.8 Å². The van der Waals surface area contributed by atoms with Crippen molar-refractivity contribution >= 4 is 44.7 Å². The Labute approximate surface area is 144 Å². The van der Waals surface area contributed by atoms with Crippen LogP contribution < -0.4 is 5.32 Å². The molecule has 7 heteroatoms. The van der Waals surface area contributed by atoms with E-state index in [9.17, 15) is 9.59 Å². The molecule has 0 amide bonds. The van der Waals surface area contributed by atoms with Gasteiger partial charge in [-0.1, -0.05) is 18.2 Å². The van der Waals surface area contributed by atoms with Crippen LogP contribution in [0, 0.1) is 6.92 Å². The first-order valence-corrected chi connectivity index (χ1v) is 9.01. The Morgan fingerprint density at radius 3 is 2.57 bits per heavy atom. The van der Waals surface area contributed by atoms with Crippen LogP contribution in [0.5, 0.6) is 0 Å². The smallest absolute Gasteiger partial charge is 0.372 e. The molecular weight excluding hydrogens is 334 g/mol. The summed E-state index contributed by atoms with van der Waals surface area (Å²) < 4.78 is 9.98. The maximum Gasteiger partial charge on any atom is 0.372 e. The van der Waals surface area contributed by atoms with Gasteiger partial charge in [0.25, 0.3) is 0 Å². The number of hydrogen-bond acceptors (Lipinski definition) is 7. The third kappa shape index (κ3) is 4.68. The molecule has 0 radical (unpaired) electrons. The van der Waals surface area contributed by atoms with Gasteiger partial charge < -0.3 is 14.8 Å². The van der Waals surface area contributed by atoms with Gasteiger partial charge in [-0.3, -0.25) is 0 Å². The van der Waals surface area contributed by atoms with E-state index in [4.69, 9.17) is 9.47 Å². The number of para-hydroxylation sites is 1. The van der Waals surface area contributed by atoms with E-state index in [1.165, 1.54) is 0 Å². The fourth-order valence-electron chi connectivity index (χ4n) is 2.12. The summed E-state index contributed by atoms with van der Waals surface area (Å²) in [7, 11) is 0. The van der Waals surface area contributed by atoms with Crippen LogP contribution in [0.25, 0.3) is 4.91 Å². The molecule has 1 aliphatic rings. The lowest BCUT2D eigenvalue weighted by atomic mass is 10.0. The maximum atomic E-state index is 11.8. The molecule has 1 aromatic rings. The number of carbonyl (C=O) groups excluding carboxylic acids is 2. The fourth-order valence-corrected chi connectivity index (χ4v) is 3.82. The van der Waals surface area contributed by atoms with Crippen LogP contribution in [0.15, 0.2) is 24.3 Å². The van der Waals surface area contributed by atoms with Crippen molar-refractivity contribution in [2.75, 3.05) is 18.5 Å². The zero-order valence-corrected chi connectivity index (χ0v) is 14.9. The van der Waals surface area contributed by atoms with Crippen molar-refractivity contribution in [1.29, 1.82) is 0 Å². The largest absolute Gasteiger partial charge is 0.458 e. The Morgan fingerprint density at radius 2 is 1.87 bits per heavy atom. The molecule has 2 rings (SSSR count). The minimum atomic E-state index is -0.354. The van der Waals surface area contributed by atoms with Gasteiger partial charge in [0.15, 0.2) is 0 Å². The third-order valence-electron chi connectivity index (χ3n) is 3.07. The standard InChI is InChI=1S/C16H19NO4S2/c1-4-20-15(18)22-12-9-13(23-16(19)21-5-2)17-14-10(3)7-6-8-11(12)14/h6-9,13,17H,4-5H2,1-3H3. The third-order valence-corrected chi connectivity index (χ3v) is 4.75. The number of rotatable bonds is 4. The molecule has 0 spiro atoms. The van der Waals surface area contributed by atoms with E-state index in [1.807, 2.05) is 31.2 Å². The molecule has 23 heavy (non-hydrogen) atoms. The minimum Gasteiger partial charge on any atom is -0.458 e. The minimum absolute atomic E-state index is 0.292. The molecule has 1 N–H and O–H groups in total. The summed E-state index contributed by atoms with van der Waals surface area (Å²) in [6, 6.07) is 5.86. The summed E-state index contributed by atoms with van der Waals surface area (Å²) in [5.74, 6) is 0. The number of thioether (sulfide) groups is 2. The van der Waals surface area contributed by atoms with Gasteiger partial charge in [0.1, 0.15) is 5.37 Å². The molecule has 0 aromatic heterocycles. The van der Waals surface area contributed by atoms with Crippen molar-refractivity contribution in [3.05, 3.63) is 35.4 Å². The topological polar surface area (TPSA) is 64.6 Å². The van der Waals surface area contributed by atoms with Gasteiger partial charge in [0, 0.05) is 16.2 Å². The molecule has 1 heterocycles. The van der Waals surface area contributed by atoms with Gasteiger partial charge in [-0.2, -0.15) is 0 Å². The highest BCUT2D eigenvalue weighted by atomic mass is 32.2. The Morgan fingerprint density at radius 1 is 1.17 bits per heavy atom. The predicted octanol–water partition coefficient (Wildman–Crippen LogP) is 4.87. The van der Waals surface area contributed by atoms with Gasteiger partial charge >= 0.3 is 10.6 Å². The maximum absolute atomic E-state index is 11.8. The van der Waals surface area contributed by atoms with Crippen LogP contribution in [-0.4, -0.2) is 29.2 Å². The number of fused-ring (bicyclic) bond motifs is 1. The molecular formula is C16H19NO4S2. The molecule has 1 unspecified atom stereocenters. The van der Waals surface area contributed by atoms with Crippen LogP contribution in [0.3, 0.4) is 0 Å². The zero-order valence-electron chi connectivity index (χ0n) is 13.3. The van der Waals surface area contributed by atoms with E-state index in [0.29, 0.717) is 13.2 Å². The van der Waals surface area contributed by atoms with E-state index in [0.717, 1.165) is 45.2 Å². The van der Waals surface area contributed by atoms with Gasteiger partial charge in [0.05, 0.1) is 13.2 Å². The molecule has 0 saturated heterocycles. The fraction of sp³-hybridized carbons (Fsp3) is 0.375. The summed E-state index contributed by atoms with van der Waals surface area (Å²) in [6.45, 7) is 6.19. The lowest BCUT2D eigenvalue weighted by molar-refractivity contribution is 0.180. The molecule has 124 valence electrons. The Balaban J connectivity index is 2.26. The highest BCUT2D eigenvalue weighted by Gasteiger charge is 2.25. The molecule has 1 aliphatic heterocycles. The summed E-state index contributed by atoms with van der Waals surface area (Å²) in [4.78, 5) is 24.3.